The Balaban J connectivity index is 2.03. The minimum atomic E-state index is -0.0299. The molecule has 1 atom stereocenters. The molecular weight excluding hydrogens is 196 g/mol. The van der Waals surface area contributed by atoms with Crippen molar-refractivity contribution in [1.29, 1.82) is 5.41 Å². The topological polar surface area (TPSA) is 45.1 Å². The van der Waals surface area contributed by atoms with Gasteiger partial charge in [0.05, 0.1) is 5.71 Å². The highest BCUT2D eigenvalue weighted by atomic mass is 32.2. The van der Waals surface area contributed by atoms with Gasteiger partial charge in [0, 0.05) is 4.90 Å². The van der Waals surface area contributed by atoms with Gasteiger partial charge in [0.1, 0.15) is 12.0 Å². The summed E-state index contributed by atoms with van der Waals surface area (Å²) < 4.78 is 0. The van der Waals surface area contributed by atoms with Crippen LogP contribution in [0, 0.1) is 12.3 Å². The first kappa shape index (κ1) is 9.71. The molecule has 1 aliphatic rings. The normalized spacial score (nSPS) is 21.5. The average molecular weight is 208 g/mol. The first-order valence-corrected chi connectivity index (χ1v) is 5.31. The molecule has 1 fully saturated rings. The number of hydrogen-bond acceptors (Lipinski definition) is 4. The molecular formula is C10H12N2OS. The standard InChI is InChI=1S/C10H12N2OS/c1-7-2-4-8(5-3-7)14-10-9(11)6-13-12-10/h2-5,10-12H,6H2,1H3. The van der Waals surface area contributed by atoms with Crippen LogP contribution in [0.15, 0.2) is 29.2 Å². The molecule has 1 saturated heterocycles. The maximum Gasteiger partial charge on any atom is 0.122 e. The van der Waals surface area contributed by atoms with Crippen molar-refractivity contribution < 1.29 is 4.84 Å². The van der Waals surface area contributed by atoms with Crippen LogP contribution in [-0.2, 0) is 4.84 Å². The van der Waals surface area contributed by atoms with Crippen LogP contribution in [0.2, 0.25) is 0 Å². The lowest BCUT2D eigenvalue weighted by Gasteiger charge is -2.07. The van der Waals surface area contributed by atoms with Crippen LogP contribution in [0.1, 0.15) is 5.56 Å². The van der Waals surface area contributed by atoms with E-state index < -0.39 is 0 Å². The second-order valence-corrected chi connectivity index (χ2v) is 4.42. The number of nitrogens with one attached hydrogen (secondary N) is 2. The Kier molecular flexibility index (Phi) is 2.86. The predicted molar refractivity (Wildman–Crippen MR) is 57.6 cm³/mol. The fourth-order valence-corrected chi connectivity index (χ4v) is 2.08. The van der Waals surface area contributed by atoms with E-state index in [1.807, 2.05) is 0 Å². The molecule has 1 aromatic rings. The largest absolute Gasteiger partial charge is 0.304 e. The van der Waals surface area contributed by atoms with Gasteiger partial charge in [0.25, 0.3) is 0 Å². The van der Waals surface area contributed by atoms with Crippen molar-refractivity contribution in [2.75, 3.05) is 6.61 Å². The smallest absolute Gasteiger partial charge is 0.122 e. The van der Waals surface area contributed by atoms with Crippen LogP contribution in [-0.4, -0.2) is 17.7 Å². The lowest BCUT2D eigenvalue weighted by molar-refractivity contribution is 0.104. The van der Waals surface area contributed by atoms with E-state index in [1.165, 1.54) is 5.56 Å². The summed E-state index contributed by atoms with van der Waals surface area (Å²) in [6.45, 7) is 2.46. The average Bonchev–Trinajstić information content (AvgIpc) is 2.56. The predicted octanol–water partition coefficient (Wildman–Crippen LogP) is 1.97. The van der Waals surface area contributed by atoms with Crippen LogP contribution < -0.4 is 5.48 Å². The van der Waals surface area contributed by atoms with Gasteiger partial charge in [-0.05, 0) is 19.1 Å². The van der Waals surface area contributed by atoms with Crippen LogP contribution in [0.4, 0.5) is 0 Å². The van der Waals surface area contributed by atoms with Gasteiger partial charge >= 0.3 is 0 Å². The molecule has 74 valence electrons. The van der Waals surface area contributed by atoms with E-state index >= 15 is 0 Å². The SMILES string of the molecule is Cc1ccc(SC2NOCC2=N)cc1. The molecule has 0 aromatic heterocycles. The van der Waals surface area contributed by atoms with E-state index in [0.717, 1.165) is 4.90 Å². The first-order valence-electron chi connectivity index (χ1n) is 4.43. The van der Waals surface area contributed by atoms with Crippen molar-refractivity contribution in [2.24, 2.45) is 0 Å². The zero-order valence-electron chi connectivity index (χ0n) is 7.91. The van der Waals surface area contributed by atoms with Gasteiger partial charge in [0.2, 0.25) is 0 Å². The molecule has 4 heteroatoms. The summed E-state index contributed by atoms with van der Waals surface area (Å²) >= 11 is 1.61. The third-order valence-electron chi connectivity index (χ3n) is 2.01. The number of benzene rings is 1. The minimum Gasteiger partial charge on any atom is -0.304 e. The molecule has 0 aliphatic carbocycles. The molecule has 3 nitrogen and oxygen atoms in total. The zero-order chi connectivity index (χ0) is 9.97. The number of hydroxylamine groups is 1. The highest BCUT2D eigenvalue weighted by Crippen LogP contribution is 2.24. The molecule has 2 rings (SSSR count). The molecule has 0 radical (unpaired) electrons. The van der Waals surface area contributed by atoms with Crippen LogP contribution in [0.3, 0.4) is 0 Å². The molecule has 1 heterocycles. The first-order chi connectivity index (χ1) is 6.75. The molecule has 14 heavy (non-hydrogen) atoms. The minimum absolute atomic E-state index is 0.0299. The zero-order valence-corrected chi connectivity index (χ0v) is 8.73. The van der Waals surface area contributed by atoms with Crippen LogP contribution in [0.5, 0.6) is 0 Å². The van der Waals surface area contributed by atoms with Gasteiger partial charge in [-0.1, -0.05) is 29.5 Å². The Morgan fingerprint density at radius 2 is 2.14 bits per heavy atom. The van der Waals surface area contributed by atoms with Gasteiger partial charge < -0.3 is 5.41 Å². The number of thioether (sulfide) groups is 1. The Morgan fingerprint density at radius 1 is 1.43 bits per heavy atom. The van der Waals surface area contributed by atoms with E-state index in [4.69, 9.17) is 10.2 Å². The highest BCUT2D eigenvalue weighted by molar-refractivity contribution is 8.00. The summed E-state index contributed by atoms with van der Waals surface area (Å²) in [6.07, 6.45) is 0. The fraction of sp³-hybridized carbons (Fsp3) is 0.300. The van der Waals surface area contributed by atoms with Gasteiger partial charge in [-0.2, -0.15) is 5.48 Å². The third-order valence-corrected chi connectivity index (χ3v) is 3.17. The van der Waals surface area contributed by atoms with E-state index in [1.54, 1.807) is 11.8 Å². The lowest BCUT2D eigenvalue weighted by Crippen LogP contribution is -2.21. The van der Waals surface area contributed by atoms with Gasteiger partial charge in [-0.25, -0.2) is 0 Å². The Morgan fingerprint density at radius 3 is 2.71 bits per heavy atom. The summed E-state index contributed by atoms with van der Waals surface area (Å²) in [5.74, 6) is 0. The second-order valence-electron chi connectivity index (χ2n) is 3.24. The summed E-state index contributed by atoms with van der Waals surface area (Å²) in [5, 5.41) is 7.56. The quantitative estimate of drug-likeness (QED) is 0.781. The van der Waals surface area contributed by atoms with Crippen LogP contribution >= 0.6 is 11.8 Å². The molecule has 1 unspecified atom stereocenters. The Bertz CT molecular complexity index is 336. The summed E-state index contributed by atoms with van der Waals surface area (Å²) in [6, 6.07) is 8.27. The van der Waals surface area contributed by atoms with Gasteiger partial charge in [-0.15, -0.1) is 0 Å². The summed E-state index contributed by atoms with van der Waals surface area (Å²) in [4.78, 5) is 6.13. The maximum atomic E-state index is 7.59. The summed E-state index contributed by atoms with van der Waals surface area (Å²) in [7, 11) is 0. The summed E-state index contributed by atoms with van der Waals surface area (Å²) in [5.41, 5.74) is 4.65. The Hall–Kier alpha value is -0.840. The van der Waals surface area contributed by atoms with Crippen LogP contribution in [0.25, 0.3) is 0 Å². The lowest BCUT2D eigenvalue weighted by atomic mass is 10.2. The van der Waals surface area contributed by atoms with E-state index in [9.17, 15) is 0 Å². The number of aryl methyl sites for hydroxylation is 1. The van der Waals surface area contributed by atoms with Gasteiger partial charge in [-0.3, -0.25) is 4.84 Å². The van der Waals surface area contributed by atoms with Crippen molar-refractivity contribution in [3.05, 3.63) is 29.8 Å². The third kappa shape index (κ3) is 2.15. The molecule has 0 amide bonds. The molecule has 2 N–H and O–H groups in total. The van der Waals surface area contributed by atoms with Crippen molar-refractivity contribution in [2.45, 2.75) is 17.2 Å². The monoisotopic (exact) mass is 208 g/mol. The number of hydrogen-bond donors (Lipinski definition) is 2. The second kappa shape index (κ2) is 4.13. The van der Waals surface area contributed by atoms with Crippen molar-refractivity contribution in [3.8, 4) is 0 Å². The molecule has 0 saturated carbocycles. The molecule has 0 spiro atoms. The Labute approximate surface area is 87.3 Å². The van der Waals surface area contributed by atoms with E-state index in [0.29, 0.717) is 12.3 Å². The van der Waals surface area contributed by atoms with E-state index in [-0.39, 0.29) is 5.37 Å². The fourth-order valence-electron chi connectivity index (χ4n) is 1.19. The highest BCUT2D eigenvalue weighted by Gasteiger charge is 2.22. The van der Waals surface area contributed by atoms with Crippen molar-refractivity contribution in [3.63, 3.8) is 0 Å². The van der Waals surface area contributed by atoms with Crippen molar-refractivity contribution in [1.82, 2.24) is 5.48 Å². The maximum absolute atomic E-state index is 7.59. The van der Waals surface area contributed by atoms with Gasteiger partial charge in [0.15, 0.2) is 0 Å². The molecule has 0 bridgehead atoms. The molecule has 1 aromatic carbocycles. The van der Waals surface area contributed by atoms with Crippen molar-refractivity contribution >= 4 is 17.5 Å². The van der Waals surface area contributed by atoms with E-state index in [2.05, 4.69) is 36.7 Å². The number of rotatable bonds is 2. The molecule has 1 aliphatic heterocycles.